The molecule has 1 aromatic carbocycles. The maximum atomic E-state index is 12.5. The largest absolute Gasteiger partial charge is 0.416 e. The first-order valence-corrected chi connectivity index (χ1v) is 4.99. The lowest BCUT2D eigenvalue weighted by molar-refractivity contribution is -0.137. The molecule has 94 valence electrons. The van der Waals surface area contributed by atoms with Gasteiger partial charge >= 0.3 is 6.18 Å². The average molecular weight is 246 g/mol. The summed E-state index contributed by atoms with van der Waals surface area (Å²) in [4.78, 5) is 13.1. The number of carbonyl (C=O) groups is 1. The summed E-state index contributed by atoms with van der Waals surface area (Å²) in [6, 6.07) is 2.74. The topological polar surface area (TPSA) is 46.3 Å². The third-order valence-electron chi connectivity index (χ3n) is 2.43. The van der Waals surface area contributed by atoms with Crippen LogP contribution in [0.2, 0.25) is 0 Å². The van der Waals surface area contributed by atoms with Gasteiger partial charge in [-0.1, -0.05) is 0 Å². The van der Waals surface area contributed by atoms with Crippen molar-refractivity contribution >= 4 is 11.6 Å². The van der Waals surface area contributed by atoms with E-state index in [1.54, 1.807) is 6.92 Å². The van der Waals surface area contributed by atoms with Crippen LogP contribution in [0.5, 0.6) is 0 Å². The van der Waals surface area contributed by atoms with E-state index >= 15 is 0 Å². The Balaban J connectivity index is 3.20. The van der Waals surface area contributed by atoms with E-state index in [4.69, 9.17) is 5.73 Å². The van der Waals surface area contributed by atoms with Crippen LogP contribution in [-0.2, 0) is 6.18 Å². The molecule has 0 aliphatic carbocycles. The van der Waals surface area contributed by atoms with E-state index in [1.165, 1.54) is 11.9 Å². The maximum absolute atomic E-state index is 12.5. The third kappa shape index (κ3) is 2.89. The first kappa shape index (κ1) is 13.3. The van der Waals surface area contributed by atoms with Gasteiger partial charge in [-0.25, -0.2) is 0 Å². The van der Waals surface area contributed by atoms with E-state index in [0.29, 0.717) is 6.54 Å². The van der Waals surface area contributed by atoms with Crippen LogP contribution in [0.4, 0.5) is 18.9 Å². The highest BCUT2D eigenvalue weighted by atomic mass is 19.4. The number of rotatable bonds is 2. The number of nitrogen functional groups attached to an aromatic ring is 1. The Labute approximate surface area is 97.0 Å². The van der Waals surface area contributed by atoms with E-state index in [9.17, 15) is 18.0 Å². The number of hydrogen-bond acceptors (Lipinski definition) is 2. The van der Waals surface area contributed by atoms with Gasteiger partial charge in [-0.05, 0) is 25.1 Å². The minimum absolute atomic E-state index is 0.0447. The monoisotopic (exact) mass is 246 g/mol. The minimum atomic E-state index is -4.48. The summed E-state index contributed by atoms with van der Waals surface area (Å²) in [6.07, 6.45) is -4.48. The molecule has 0 radical (unpaired) electrons. The van der Waals surface area contributed by atoms with Crippen molar-refractivity contribution < 1.29 is 18.0 Å². The average Bonchev–Trinajstić information content (AvgIpc) is 2.26. The van der Waals surface area contributed by atoms with Crippen molar-refractivity contribution in [3.05, 3.63) is 29.3 Å². The molecule has 6 heteroatoms. The summed E-state index contributed by atoms with van der Waals surface area (Å²) in [5, 5.41) is 0. The molecule has 0 saturated carbocycles. The molecule has 0 atom stereocenters. The summed E-state index contributed by atoms with van der Waals surface area (Å²) in [5.41, 5.74) is 4.56. The Morgan fingerprint density at radius 2 is 2.00 bits per heavy atom. The summed E-state index contributed by atoms with van der Waals surface area (Å²) < 4.78 is 37.4. The molecule has 0 aliphatic heterocycles. The van der Waals surface area contributed by atoms with Crippen LogP contribution >= 0.6 is 0 Å². The van der Waals surface area contributed by atoms with Crippen molar-refractivity contribution in [1.82, 2.24) is 4.90 Å². The second kappa shape index (κ2) is 4.65. The number of hydrogen-bond donors (Lipinski definition) is 1. The lowest BCUT2D eigenvalue weighted by atomic mass is 10.1. The van der Waals surface area contributed by atoms with Gasteiger partial charge in [0.2, 0.25) is 0 Å². The lowest BCUT2D eigenvalue weighted by Gasteiger charge is -2.17. The highest BCUT2D eigenvalue weighted by Crippen LogP contribution is 2.31. The SMILES string of the molecule is CCN(C)C(=O)c1cc(C(F)(F)F)ccc1N. The summed E-state index contributed by atoms with van der Waals surface area (Å²) in [6.45, 7) is 2.12. The zero-order valence-corrected chi connectivity index (χ0v) is 9.51. The number of anilines is 1. The van der Waals surface area contributed by atoms with E-state index in [1.807, 2.05) is 0 Å². The van der Waals surface area contributed by atoms with Crippen LogP contribution < -0.4 is 5.73 Å². The zero-order valence-electron chi connectivity index (χ0n) is 9.51. The molecule has 1 amide bonds. The Bertz CT molecular complexity index is 429. The molecule has 17 heavy (non-hydrogen) atoms. The Morgan fingerprint density at radius 1 is 1.41 bits per heavy atom. The van der Waals surface area contributed by atoms with E-state index in [2.05, 4.69) is 0 Å². The van der Waals surface area contributed by atoms with Gasteiger partial charge in [0.15, 0.2) is 0 Å². The molecule has 3 nitrogen and oxygen atoms in total. The number of nitrogens with two attached hydrogens (primary N) is 1. The quantitative estimate of drug-likeness (QED) is 0.814. The predicted octanol–water partition coefficient (Wildman–Crippen LogP) is 2.38. The molecule has 0 aliphatic rings. The van der Waals surface area contributed by atoms with E-state index in [0.717, 1.165) is 18.2 Å². The normalized spacial score (nSPS) is 11.4. The van der Waals surface area contributed by atoms with Gasteiger partial charge in [0.25, 0.3) is 5.91 Å². The van der Waals surface area contributed by atoms with Crippen molar-refractivity contribution in [2.75, 3.05) is 19.3 Å². The number of halogens is 3. The van der Waals surface area contributed by atoms with Crippen molar-refractivity contribution in [1.29, 1.82) is 0 Å². The van der Waals surface area contributed by atoms with Crippen molar-refractivity contribution in [3.8, 4) is 0 Å². The van der Waals surface area contributed by atoms with Crippen molar-refractivity contribution in [2.24, 2.45) is 0 Å². The van der Waals surface area contributed by atoms with Gasteiger partial charge in [0.1, 0.15) is 0 Å². The summed E-state index contributed by atoms with van der Waals surface area (Å²) in [5.74, 6) is -0.518. The second-order valence-electron chi connectivity index (χ2n) is 3.62. The number of alkyl halides is 3. The molecule has 1 rings (SSSR count). The Morgan fingerprint density at radius 3 is 2.47 bits per heavy atom. The van der Waals surface area contributed by atoms with Crippen LogP contribution in [-0.4, -0.2) is 24.4 Å². The van der Waals surface area contributed by atoms with Gasteiger partial charge < -0.3 is 10.6 Å². The Kier molecular flexibility index (Phi) is 3.65. The first-order valence-electron chi connectivity index (χ1n) is 4.99. The lowest BCUT2D eigenvalue weighted by Crippen LogP contribution is -2.27. The predicted molar refractivity (Wildman–Crippen MR) is 58.5 cm³/mol. The van der Waals surface area contributed by atoms with Crippen LogP contribution in [0.15, 0.2) is 18.2 Å². The minimum Gasteiger partial charge on any atom is -0.398 e. The van der Waals surface area contributed by atoms with E-state index in [-0.39, 0.29) is 11.3 Å². The number of nitrogens with zero attached hydrogens (tertiary/aromatic N) is 1. The molecule has 0 aromatic heterocycles. The first-order chi connectivity index (χ1) is 7.77. The molecule has 0 heterocycles. The fourth-order valence-corrected chi connectivity index (χ4v) is 1.27. The molecular formula is C11H13F3N2O. The molecule has 1 aromatic rings. The van der Waals surface area contributed by atoms with Crippen LogP contribution in [0, 0.1) is 0 Å². The van der Waals surface area contributed by atoms with Crippen LogP contribution in [0.1, 0.15) is 22.8 Å². The number of carbonyl (C=O) groups excluding carboxylic acids is 1. The molecule has 0 saturated heterocycles. The van der Waals surface area contributed by atoms with Gasteiger partial charge in [0.05, 0.1) is 11.1 Å². The molecule has 0 fully saturated rings. The summed E-state index contributed by atoms with van der Waals surface area (Å²) >= 11 is 0. The summed E-state index contributed by atoms with van der Waals surface area (Å²) in [7, 11) is 1.50. The van der Waals surface area contributed by atoms with Gasteiger partial charge in [-0.2, -0.15) is 13.2 Å². The number of benzene rings is 1. The molecule has 0 spiro atoms. The van der Waals surface area contributed by atoms with Gasteiger partial charge in [0, 0.05) is 19.3 Å². The third-order valence-corrected chi connectivity index (χ3v) is 2.43. The number of amides is 1. The fourth-order valence-electron chi connectivity index (χ4n) is 1.27. The van der Waals surface area contributed by atoms with Gasteiger partial charge in [-0.3, -0.25) is 4.79 Å². The highest BCUT2D eigenvalue weighted by molar-refractivity contribution is 5.99. The Hall–Kier alpha value is -1.72. The van der Waals surface area contributed by atoms with Crippen LogP contribution in [0.3, 0.4) is 0 Å². The molecule has 0 unspecified atom stereocenters. The highest BCUT2D eigenvalue weighted by Gasteiger charge is 2.31. The zero-order chi connectivity index (χ0) is 13.2. The maximum Gasteiger partial charge on any atom is 0.416 e. The molecule has 0 bridgehead atoms. The molecule has 2 N–H and O–H groups in total. The van der Waals surface area contributed by atoms with E-state index < -0.39 is 17.6 Å². The van der Waals surface area contributed by atoms with Crippen molar-refractivity contribution in [3.63, 3.8) is 0 Å². The second-order valence-corrected chi connectivity index (χ2v) is 3.62. The van der Waals surface area contributed by atoms with Gasteiger partial charge in [-0.15, -0.1) is 0 Å². The molecular weight excluding hydrogens is 233 g/mol. The standard InChI is InChI=1S/C11H13F3N2O/c1-3-16(2)10(17)8-6-7(11(12,13)14)4-5-9(8)15/h4-6H,3,15H2,1-2H3. The van der Waals surface area contributed by atoms with Crippen LogP contribution in [0.25, 0.3) is 0 Å². The smallest absolute Gasteiger partial charge is 0.398 e. The van der Waals surface area contributed by atoms with Crippen molar-refractivity contribution in [2.45, 2.75) is 13.1 Å². The fraction of sp³-hybridized carbons (Fsp3) is 0.364.